The fourth-order valence-corrected chi connectivity index (χ4v) is 5.42. The van der Waals surface area contributed by atoms with E-state index >= 15 is 0 Å². The number of fused-ring (bicyclic) bond motifs is 1. The van der Waals surface area contributed by atoms with Crippen molar-refractivity contribution < 1.29 is 19.1 Å². The zero-order valence-electron chi connectivity index (χ0n) is 21.6. The number of carbonyl (C=O) groups is 2. The molecule has 0 bridgehead atoms. The smallest absolute Gasteiger partial charge is 0.295 e. The summed E-state index contributed by atoms with van der Waals surface area (Å²) in [6.07, 6.45) is 6.48. The van der Waals surface area contributed by atoms with Crippen LogP contribution in [0.1, 0.15) is 34.3 Å². The van der Waals surface area contributed by atoms with E-state index < -0.39 is 11.7 Å². The second-order valence-electron chi connectivity index (χ2n) is 8.98. The van der Waals surface area contributed by atoms with E-state index in [1.54, 1.807) is 16.7 Å². The van der Waals surface area contributed by atoms with Crippen LogP contribution in [0.4, 0.5) is 0 Å². The summed E-state index contributed by atoms with van der Waals surface area (Å²) < 4.78 is 10.7. The van der Waals surface area contributed by atoms with Crippen molar-refractivity contribution >= 4 is 39.9 Å². The van der Waals surface area contributed by atoms with Crippen molar-refractivity contribution in [3.63, 3.8) is 0 Å². The molecule has 5 rings (SSSR count). The molecule has 8 heteroatoms. The number of hydrogen-bond acceptors (Lipinski definition) is 6. The van der Waals surface area contributed by atoms with Crippen LogP contribution in [0.25, 0.3) is 16.5 Å². The first-order chi connectivity index (χ1) is 18.5. The Labute approximate surface area is 225 Å². The number of aromatic amines is 1. The summed E-state index contributed by atoms with van der Waals surface area (Å²) in [5.74, 6) is -0.361. The lowest BCUT2D eigenvalue weighted by molar-refractivity contribution is -0.126. The molecule has 2 aromatic carbocycles. The summed E-state index contributed by atoms with van der Waals surface area (Å²) in [4.78, 5) is 36.8. The number of H-pyrrole nitrogens is 1. The molecule has 2 aromatic heterocycles. The highest BCUT2D eigenvalue weighted by atomic mass is 32.2. The number of benzene rings is 2. The molecule has 1 saturated heterocycles. The van der Waals surface area contributed by atoms with Crippen molar-refractivity contribution in [1.82, 2.24) is 14.9 Å². The normalized spacial score (nSPS) is 13.4. The average molecular weight is 528 g/mol. The third-order valence-electron chi connectivity index (χ3n) is 6.94. The Hall–Kier alpha value is -4.04. The average Bonchev–Trinajstić information content (AvgIpc) is 3.43. The van der Waals surface area contributed by atoms with Crippen LogP contribution in [-0.4, -0.2) is 60.1 Å². The summed E-state index contributed by atoms with van der Waals surface area (Å²) in [7, 11) is 3.00. The largest absolute Gasteiger partial charge is 0.494 e. The predicted octanol–water partition coefficient (Wildman–Crippen LogP) is 5.61. The van der Waals surface area contributed by atoms with Gasteiger partial charge in [-0.25, -0.2) is 4.98 Å². The Kier molecular flexibility index (Phi) is 7.51. The number of Topliss-reactive ketones (excluding diaryl/α,β-unsaturated/α-hetero) is 1. The first-order valence-electron chi connectivity index (χ1n) is 12.4. The zero-order valence-corrected chi connectivity index (χ0v) is 22.4. The van der Waals surface area contributed by atoms with Crippen LogP contribution >= 0.6 is 11.8 Å². The van der Waals surface area contributed by atoms with Crippen LogP contribution in [0.15, 0.2) is 77.5 Å². The van der Waals surface area contributed by atoms with E-state index in [1.807, 2.05) is 18.2 Å². The minimum absolute atomic E-state index is 0.253. The molecule has 1 fully saturated rings. The summed E-state index contributed by atoms with van der Waals surface area (Å²) in [6, 6.07) is 19.0. The van der Waals surface area contributed by atoms with Crippen LogP contribution in [0, 0.1) is 0 Å². The maximum Gasteiger partial charge on any atom is 0.295 e. The highest BCUT2D eigenvalue weighted by molar-refractivity contribution is 7.98. The third-order valence-corrected chi connectivity index (χ3v) is 7.68. The molecule has 7 nitrogen and oxygen atoms in total. The number of nitrogens with zero attached hydrogens (tertiary/aromatic N) is 2. The SMILES string of the molecule is COc1ncc(OC)c2c(C(=O)C(=O)N3CCC(=C(c4ccccc4)c4ccc(SC)cc4)CC3)c[nH]c12. The van der Waals surface area contributed by atoms with Crippen LogP contribution in [-0.2, 0) is 4.79 Å². The Morgan fingerprint density at radius 1 is 0.947 bits per heavy atom. The molecule has 1 amide bonds. The van der Waals surface area contributed by atoms with Gasteiger partial charge >= 0.3 is 0 Å². The van der Waals surface area contributed by atoms with E-state index in [0.717, 1.165) is 11.1 Å². The van der Waals surface area contributed by atoms with E-state index in [0.29, 0.717) is 48.5 Å². The Bertz CT molecular complexity index is 1500. The zero-order chi connectivity index (χ0) is 26.6. The molecular weight excluding hydrogens is 498 g/mol. The molecule has 0 aliphatic carbocycles. The Balaban J connectivity index is 1.41. The molecule has 0 unspecified atom stereocenters. The second-order valence-corrected chi connectivity index (χ2v) is 9.86. The van der Waals surface area contributed by atoms with Crippen LogP contribution in [0.2, 0.25) is 0 Å². The van der Waals surface area contributed by atoms with Gasteiger partial charge in [0, 0.05) is 24.2 Å². The van der Waals surface area contributed by atoms with E-state index in [4.69, 9.17) is 9.47 Å². The van der Waals surface area contributed by atoms with E-state index in [-0.39, 0.29) is 5.56 Å². The van der Waals surface area contributed by atoms with E-state index in [1.165, 1.54) is 42.7 Å². The minimum Gasteiger partial charge on any atom is -0.494 e. The van der Waals surface area contributed by atoms with E-state index in [9.17, 15) is 9.59 Å². The molecule has 0 spiro atoms. The molecule has 1 N–H and O–H groups in total. The third kappa shape index (κ3) is 4.79. The van der Waals surface area contributed by atoms with Crippen LogP contribution in [0.3, 0.4) is 0 Å². The number of hydrogen-bond donors (Lipinski definition) is 1. The number of methoxy groups -OCH3 is 2. The number of ether oxygens (including phenoxy) is 2. The van der Waals surface area contributed by atoms with Crippen molar-refractivity contribution in [2.75, 3.05) is 33.6 Å². The van der Waals surface area contributed by atoms with Gasteiger partial charge in [0.2, 0.25) is 5.88 Å². The van der Waals surface area contributed by atoms with Gasteiger partial charge in [0.05, 0.1) is 31.4 Å². The molecule has 0 atom stereocenters. The molecule has 0 radical (unpaired) electrons. The molecular formula is C30H29N3O4S. The van der Waals surface area contributed by atoms with Crippen LogP contribution in [0.5, 0.6) is 11.6 Å². The maximum atomic E-state index is 13.4. The molecule has 1 aliphatic rings. The quantitative estimate of drug-likeness (QED) is 0.191. The predicted molar refractivity (Wildman–Crippen MR) is 150 cm³/mol. The lowest BCUT2D eigenvalue weighted by Crippen LogP contribution is -2.40. The number of aromatic nitrogens is 2. The first-order valence-corrected chi connectivity index (χ1v) is 13.6. The molecule has 1 aliphatic heterocycles. The molecule has 0 saturated carbocycles. The Morgan fingerprint density at radius 3 is 2.26 bits per heavy atom. The molecule has 4 aromatic rings. The van der Waals surface area contributed by atoms with E-state index in [2.05, 4.69) is 52.6 Å². The number of ketones is 1. The molecule has 194 valence electrons. The van der Waals surface area contributed by atoms with Crippen molar-refractivity contribution in [3.05, 3.63) is 89.3 Å². The summed E-state index contributed by atoms with van der Waals surface area (Å²) >= 11 is 1.72. The maximum absolute atomic E-state index is 13.4. The van der Waals surface area contributed by atoms with Gasteiger partial charge in [0.1, 0.15) is 11.3 Å². The summed E-state index contributed by atoms with van der Waals surface area (Å²) in [5, 5.41) is 0.496. The fourth-order valence-electron chi connectivity index (χ4n) is 5.01. The van der Waals surface area contributed by atoms with Gasteiger partial charge in [0.15, 0.2) is 0 Å². The van der Waals surface area contributed by atoms with Crippen molar-refractivity contribution in [2.24, 2.45) is 0 Å². The standard InChI is InChI=1S/C30H29N3O4S/c1-36-24-18-32-29(37-2)27-26(24)23(17-31-27)28(34)30(35)33-15-13-21(14-16-33)25(19-7-5-4-6-8-19)20-9-11-22(38-3)12-10-20/h4-12,17-18,31H,13-16H2,1-3H3. The van der Waals surface area contributed by atoms with Gasteiger partial charge in [0.25, 0.3) is 11.7 Å². The van der Waals surface area contributed by atoms with Gasteiger partial charge in [-0.3, -0.25) is 9.59 Å². The lowest BCUT2D eigenvalue weighted by atomic mass is 9.88. The van der Waals surface area contributed by atoms with Crippen molar-refractivity contribution in [2.45, 2.75) is 17.7 Å². The van der Waals surface area contributed by atoms with Gasteiger partial charge in [-0.15, -0.1) is 11.8 Å². The van der Waals surface area contributed by atoms with Crippen molar-refractivity contribution in [3.8, 4) is 11.6 Å². The highest BCUT2D eigenvalue weighted by Crippen LogP contribution is 2.35. The number of carbonyl (C=O) groups excluding carboxylic acids is 2. The number of thioether (sulfide) groups is 1. The summed E-state index contributed by atoms with van der Waals surface area (Å²) in [6.45, 7) is 0.951. The molecule has 38 heavy (non-hydrogen) atoms. The summed E-state index contributed by atoms with van der Waals surface area (Å²) in [5.41, 5.74) is 5.58. The minimum atomic E-state index is -0.578. The number of nitrogens with one attached hydrogen (secondary N) is 1. The van der Waals surface area contributed by atoms with Gasteiger partial charge in [-0.05, 0) is 47.9 Å². The van der Waals surface area contributed by atoms with Gasteiger partial charge in [-0.1, -0.05) is 48.0 Å². The first kappa shape index (κ1) is 25.6. The van der Waals surface area contributed by atoms with Gasteiger partial charge < -0.3 is 19.4 Å². The number of amides is 1. The number of piperidine rings is 1. The molecule has 3 heterocycles. The Morgan fingerprint density at radius 2 is 1.63 bits per heavy atom. The monoisotopic (exact) mass is 527 g/mol. The number of pyridine rings is 1. The number of rotatable bonds is 7. The fraction of sp³-hybridized carbons (Fsp3) is 0.233. The van der Waals surface area contributed by atoms with Gasteiger partial charge in [-0.2, -0.15) is 0 Å². The lowest BCUT2D eigenvalue weighted by Gasteiger charge is -2.30. The van der Waals surface area contributed by atoms with Crippen molar-refractivity contribution in [1.29, 1.82) is 0 Å². The topological polar surface area (TPSA) is 84.5 Å². The highest BCUT2D eigenvalue weighted by Gasteiger charge is 2.30. The second kappa shape index (κ2) is 11.1. The van der Waals surface area contributed by atoms with Crippen LogP contribution < -0.4 is 9.47 Å². The number of likely N-dealkylation sites (tertiary alicyclic amines) is 1.